The van der Waals surface area contributed by atoms with Gasteiger partial charge in [0.2, 0.25) is 0 Å². The molecule has 1 atom stereocenters. The number of carbonyl (C=O) groups excluding carboxylic acids is 1. The number of unbranched alkanes of at least 4 members (excludes halogenated alkanes) is 8. The Balaban J connectivity index is 4.00. The van der Waals surface area contributed by atoms with E-state index in [2.05, 4.69) is 6.08 Å². The fraction of sp³-hybridized carbons (Fsp3) is 0.762. The van der Waals surface area contributed by atoms with Crippen molar-refractivity contribution in [2.24, 2.45) is 0 Å². The Morgan fingerprint density at radius 2 is 1.50 bits per heavy atom. The number of hydrogen-bond acceptors (Lipinski definition) is 4. The summed E-state index contributed by atoms with van der Waals surface area (Å²) in [5, 5.41) is 30.1. The molecule has 5 heteroatoms. The van der Waals surface area contributed by atoms with Gasteiger partial charge in [0, 0.05) is 19.0 Å². The number of likely N-dealkylation sites (N-methyl/N-ethyl adjacent to an activating group) is 1. The summed E-state index contributed by atoms with van der Waals surface area (Å²) in [5.74, 6) is -1.24. The predicted molar refractivity (Wildman–Crippen MR) is 104 cm³/mol. The molecule has 0 aromatic carbocycles. The van der Waals surface area contributed by atoms with Crippen molar-refractivity contribution in [1.82, 2.24) is 0 Å². The number of quaternary nitrogens is 1. The minimum atomic E-state index is -1.39. The Morgan fingerprint density at radius 3 is 2.00 bits per heavy atom. The summed E-state index contributed by atoms with van der Waals surface area (Å²) in [6, 6.07) is 0. The summed E-state index contributed by atoms with van der Waals surface area (Å²) in [5.41, 5.74) is -1.39. The number of aliphatic hydroxyl groups is 2. The summed E-state index contributed by atoms with van der Waals surface area (Å²) in [6.45, 7) is 0.615. The van der Waals surface area contributed by atoms with Gasteiger partial charge in [-0.15, -0.1) is 0 Å². The SMILES string of the molecule is C[N+](C)(C)C[C@@](O)(C=CC=CCCCCCCCCCCO)CC(=O)[O-]. The van der Waals surface area contributed by atoms with Crippen LogP contribution in [0.3, 0.4) is 0 Å². The monoisotopic (exact) mass is 369 g/mol. The molecule has 0 heterocycles. The van der Waals surface area contributed by atoms with Crippen LogP contribution < -0.4 is 5.11 Å². The quantitative estimate of drug-likeness (QED) is 0.248. The summed E-state index contributed by atoms with van der Waals surface area (Å²) in [7, 11) is 5.74. The number of allylic oxidation sites excluding steroid dienone is 3. The summed E-state index contributed by atoms with van der Waals surface area (Å²) < 4.78 is 0.470. The van der Waals surface area contributed by atoms with E-state index in [1.807, 2.05) is 27.2 Å². The summed E-state index contributed by atoms with van der Waals surface area (Å²) in [6.07, 6.45) is 17.2. The van der Waals surface area contributed by atoms with Gasteiger partial charge in [0.1, 0.15) is 12.1 Å². The fourth-order valence-corrected chi connectivity index (χ4v) is 3.08. The molecule has 0 aromatic rings. The molecule has 152 valence electrons. The molecule has 0 unspecified atom stereocenters. The zero-order valence-electron chi connectivity index (χ0n) is 17.0. The first-order chi connectivity index (χ1) is 12.2. The van der Waals surface area contributed by atoms with Crippen molar-refractivity contribution in [2.75, 3.05) is 34.3 Å². The van der Waals surface area contributed by atoms with Crippen LogP contribution in [0.4, 0.5) is 0 Å². The largest absolute Gasteiger partial charge is 0.550 e. The van der Waals surface area contributed by atoms with Gasteiger partial charge < -0.3 is 24.6 Å². The van der Waals surface area contributed by atoms with Gasteiger partial charge in [-0.2, -0.15) is 0 Å². The van der Waals surface area contributed by atoms with E-state index in [1.165, 1.54) is 32.1 Å². The number of nitrogens with zero attached hydrogens (tertiary/aromatic N) is 1. The van der Waals surface area contributed by atoms with Crippen LogP contribution in [0.2, 0.25) is 0 Å². The number of carbonyl (C=O) groups is 1. The van der Waals surface area contributed by atoms with Crippen molar-refractivity contribution in [2.45, 2.75) is 69.8 Å². The van der Waals surface area contributed by atoms with Crippen LogP contribution in [0.1, 0.15) is 64.2 Å². The molecule has 0 spiro atoms. The third-order valence-electron chi connectivity index (χ3n) is 4.13. The number of aliphatic carboxylic acids is 1. The Hall–Kier alpha value is -1.17. The van der Waals surface area contributed by atoms with Crippen molar-refractivity contribution in [3.05, 3.63) is 24.3 Å². The normalized spacial score (nSPS) is 15.0. The standard InChI is InChI=1S/C21H39NO4/c1-22(2,3)19-21(26,18-20(24)25)16-14-12-10-8-6-4-5-7-9-11-13-15-17-23/h10,12,14,16,23,26H,4-9,11,13,15,17-19H2,1-3H3/t21-/m1/s1. The fourth-order valence-electron chi connectivity index (χ4n) is 3.08. The Kier molecular flexibility index (Phi) is 13.3. The van der Waals surface area contributed by atoms with Crippen LogP contribution in [0.15, 0.2) is 24.3 Å². The average molecular weight is 370 g/mol. The number of carboxylic acids is 1. The maximum absolute atomic E-state index is 10.9. The van der Waals surface area contributed by atoms with Gasteiger partial charge in [-0.1, -0.05) is 56.8 Å². The highest BCUT2D eigenvalue weighted by atomic mass is 16.4. The van der Waals surface area contributed by atoms with E-state index in [9.17, 15) is 15.0 Å². The minimum absolute atomic E-state index is 0.306. The maximum atomic E-state index is 10.9. The van der Waals surface area contributed by atoms with Gasteiger partial charge in [-0.05, 0) is 25.3 Å². The van der Waals surface area contributed by atoms with Gasteiger partial charge >= 0.3 is 0 Å². The first-order valence-electron chi connectivity index (χ1n) is 9.86. The lowest BCUT2D eigenvalue weighted by atomic mass is 9.97. The molecule has 0 fully saturated rings. The number of carboxylic acid groups (broad SMARTS) is 1. The second kappa shape index (κ2) is 14.0. The molecule has 0 rings (SSSR count). The number of hydrogen-bond donors (Lipinski definition) is 2. The van der Waals surface area contributed by atoms with E-state index in [1.54, 1.807) is 12.2 Å². The van der Waals surface area contributed by atoms with E-state index in [0.29, 0.717) is 17.6 Å². The third-order valence-corrected chi connectivity index (χ3v) is 4.13. The zero-order chi connectivity index (χ0) is 19.9. The molecule has 5 nitrogen and oxygen atoms in total. The molecule has 0 radical (unpaired) electrons. The van der Waals surface area contributed by atoms with Gasteiger partial charge in [0.05, 0.1) is 21.1 Å². The lowest BCUT2D eigenvalue weighted by molar-refractivity contribution is -0.876. The molecular weight excluding hydrogens is 330 g/mol. The highest BCUT2D eigenvalue weighted by Crippen LogP contribution is 2.16. The minimum Gasteiger partial charge on any atom is -0.550 e. The zero-order valence-corrected chi connectivity index (χ0v) is 17.0. The molecule has 0 amide bonds. The Bertz CT molecular complexity index is 426. The molecule has 0 bridgehead atoms. The van der Waals surface area contributed by atoms with E-state index in [0.717, 1.165) is 25.7 Å². The Morgan fingerprint density at radius 1 is 0.962 bits per heavy atom. The van der Waals surface area contributed by atoms with Crippen molar-refractivity contribution >= 4 is 5.97 Å². The number of rotatable bonds is 16. The van der Waals surface area contributed by atoms with Crippen molar-refractivity contribution in [3.63, 3.8) is 0 Å². The topological polar surface area (TPSA) is 80.6 Å². The van der Waals surface area contributed by atoms with Gasteiger partial charge in [-0.3, -0.25) is 0 Å². The molecule has 0 saturated heterocycles. The molecular formula is C21H39NO4. The molecule has 0 aliphatic carbocycles. The molecule has 26 heavy (non-hydrogen) atoms. The molecule has 2 N–H and O–H groups in total. The average Bonchev–Trinajstić information content (AvgIpc) is 2.49. The lowest BCUT2D eigenvalue weighted by Gasteiger charge is -2.34. The first kappa shape index (κ1) is 24.8. The van der Waals surface area contributed by atoms with E-state index < -0.39 is 18.0 Å². The highest BCUT2D eigenvalue weighted by molar-refractivity contribution is 5.66. The highest BCUT2D eigenvalue weighted by Gasteiger charge is 2.30. The maximum Gasteiger partial charge on any atom is 0.137 e. The molecule has 0 aromatic heterocycles. The second-order valence-corrected chi connectivity index (χ2v) is 8.23. The van der Waals surface area contributed by atoms with Gasteiger partial charge in [0.15, 0.2) is 0 Å². The van der Waals surface area contributed by atoms with Crippen LogP contribution in [-0.4, -0.2) is 60.6 Å². The van der Waals surface area contributed by atoms with Crippen LogP contribution >= 0.6 is 0 Å². The van der Waals surface area contributed by atoms with E-state index in [4.69, 9.17) is 5.11 Å². The van der Waals surface area contributed by atoms with Crippen molar-refractivity contribution < 1.29 is 24.6 Å². The molecule has 0 aliphatic heterocycles. The lowest BCUT2D eigenvalue weighted by Crippen LogP contribution is -2.50. The molecule has 0 aliphatic rings. The van der Waals surface area contributed by atoms with E-state index in [-0.39, 0.29) is 0 Å². The second-order valence-electron chi connectivity index (χ2n) is 8.23. The smallest absolute Gasteiger partial charge is 0.137 e. The van der Waals surface area contributed by atoms with Crippen molar-refractivity contribution in [3.8, 4) is 0 Å². The van der Waals surface area contributed by atoms with Gasteiger partial charge in [0.25, 0.3) is 0 Å². The predicted octanol–water partition coefficient (Wildman–Crippen LogP) is 2.18. The van der Waals surface area contributed by atoms with E-state index >= 15 is 0 Å². The van der Waals surface area contributed by atoms with Crippen LogP contribution in [0.25, 0.3) is 0 Å². The molecule has 0 saturated carbocycles. The third kappa shape index (κ3) is 16.3. The van der Waals surface area contributed by atoms with Crippen molar-refractivity contribution in [1.29, 1.82) is 0 Å². The summed E-state index contributed by atoms with van der Waals surface area (Å²) >= 11 is 0. The van der Waals surface area contributed by atoms with Crippen LogP contribution in [-0.2, 0) is 4.79 Å². The Labute approximate surface area is 159 Å². The van der Waals surface area contributed by atoms with Gasteiger partial charge in [-0.25, -0.2) is 0 Å². The van der Waals surface area contributed by atoms with Crippen LogP contribution in [0.5, 0.6) is 0 Å². The van der Waals surface area contributed by atoms with Crippen LogP contribution in [0, 0.1) is 0 Å². The number of aliphatic hydroxyl groups excluding tert-OH is 1. The summed E-state index contributed by atoms with van der Waals surface area (Å²) in [4.78, 5) is 10.9. The first-order valence-corrected chi connectivity index (χ1v) is 9.86.